The molecule has 0 saturated heterocycles. The maximum Gasteiger partial charge on any atom is 0.242 e. The van der Waals surface area contributed by atoms with Crippen LogP contribution in [-0.4, -0.2) is 26.9 Å². The molecule has 6 nitrogen and oxygen atoms in total. The van der Waals surface area contributed by atoms with E-state index in [1.54, 1.807) is 26.0 Å². The van der Waals surface area contributed by atoms with Gasteiger partial charge in [-0.1, -0.05) is 26.0 Å². The van der Waals surface area contributed by atoms with Gasteiger partial charge in [0.05, 0.1) is 11.7 Å². The number of sulfonamides is 1. The van der Waals surface area contributed by atoms with Crippen molar-refractivity contribution in [1.82, 2.24) is 4.72 Å². The molecule has 1 aromatic carbocycles. The molecule has 0 spiro atoms. The van der Waals surface area contributed by atoms with E-state index in [4.69, 9.17) is 5.73 Å². The molecule has 1 amide bonds. The van der Waals surface area contributed by atoms with Crippen molar-refractivity contribution in [2.45, 2.75) is 31.2 Å². The zero-order valence-electron chi connectivity index (χ0n) is 11.0. The molecule has 0 aliphatic heterocycles. The molecule has 0 bridgehead atoms. The number of carbonyl (C=O) groups excluding carboxylic acids is 1. The lowest BCUT2D eigenvalue weighted by Crippen LogP contribution is -2.35. The van der Waals surface area contributed by atoms with Gasteiger partial charge in [-0.15, -0.1) is 0 Å². The third-order valence-electron chi connectivity index (χ3n) is 2.55. The molecular weight excluding hydrogens is 266 g/mol. The second-order valence-corrected chi connectivity index (χ2v) is 5.74. The van der Waals surface area contributed by atoms with E-state index in [1.165, 1.54) is 12.1 Å². The Hall–Kier alpha value is -1.44. The Morgan fingerprint density at radius 3 is 2.53 bits per heavy atom. The van der Waals surface area contributed by atoms with E-state index in [0.29, 0.717) is 6.42 Å². The standard InChI is InChI=1S/C12H19N3O3S/c1-3-9(13)12(16)15-10-7-5-6-8-11(10)19(17,18)14-4-2/h5-9,14H,3-4,13H2,1-2H3,(H,15,16)/t9-/m0/s1. The molecule has 106 valence electrons. The van der Waals surface area contributed by atoms with Crippen molar-refractivity contribution >= 4 is 21.6 Å². The summed E-state index contributed by atoms with van der Waals surface area (Å²) < 4.78 is 26.3. The molecule has 0 aromatic heterocycles. The van der Waals surface area contributed by atoms with Gasteiger partial charge in [0.25, 0.3) is 0 Å². The van der Waals surface area contributed by atoms with Crippen molar-refractivity contribution in [2.75, 3.05) is 11.9 Å². The summed E-state index contributed by atoms with van der Waals surface area (Å²) in [6, 6.07) is 5.56. The first-order valence-electron chi connectivity index (χ1n) is 6.07. The zero-order valence-corrected chi connectivity index (χ0v) is 11.8. The molecule has 7 heteroatoms. The SMILES string of the molecule is CCNS(=O)(=O)c1ccccc1NC(=O)[C@@H](N)CC. The van der Waals surface area contributed by atoms with Crippen molar-refractivity contribution in [3.63, 3.8) is 0 Å². The van der Waals surface area contributed by atoms with Crippen LogP contribution in [0.4, 0.5) is 5.69 Å². The van der Waals surface area contributed by atoms with Gasteiger partial charge in [-0.25, -0.2) is 13.1 Å². The summed E-state index contributed by atoms with van der Waals surface area (Å²) in [5, 5.41) is 2.54. The van der Waals surface area contributed by atoms with Crippen LogP contribution in [-0.2, 0) is 14.8 Å². The third kappa shape index (κ3) is 4.02. The molecule has 0 heterocycles. The molecule has 1 atom stereocenters. The monoisotopic (exact) mass is 285 g/mol. The molecule has 4 N–H and O–H groups in total. The number of nitrogens with two attached hydrogens (primary N) is 1. The Labute approximate surface area is 113 Å². The molecule has 1 aromatic rings. The highest BCUT2D eigenvalue weighted by molar-refractivity contribution is 7.89. The fourth-order valence-electron chi connectivity index (χ4n) is 1.48. The van der Waals surface area contributed by atoms with Gasteiger partial charge in [0.15, 0.2) is 0 Å². The van der Waals surface area contributed by atoms with Crippen molar-refractivity contribution in [3.05, 3.63) is 24.3 Å². The first-order chi connectivity index (χ1) is 8.92. The van der Waals surface area contributed by atoms with Crippen LogP contribution in [0.1, 0.15) is 20.3 Å². The summed E-state index contributed by atoms with van der Waals surface area (Å²) in [5.41, 5.74) is 5.84. The smallest absolute Gasteiger partial charge is 0.242 e. The molecular formula is C12H19N3O3S. The van der Waals surface area contributed by atoms with Gasteiger partial charge in [-0.05, 0) is 18.6 Å². The van der Waals surface area contributed by atoms with Gasteiger partial charge in [-0.3, -0.25) is 4.79 Å². The van der Waals surface area contributed by atoms with Crippen LogP contribution >= 0.6 is 0 Å². The van der Waals surface area contributed by atoms with Gasteiger partial charge in [0.2, 0.25) is 15.9 Å². The Morgan fingerprint density at radius 1 is 1.32 bits per heavy atom. The van der Waals surface area contributed by atoms with E-state index < -0.39 is 22.0 Å². The lowest BCUT2D eigenvalue weighted by atomic mass is 10.2. The first kappa shape index (κ1) is 15.6. The maximum absolute atomic E-state index is 12.0. The number of para-hydroxylation sites is 1. The Balaban J connectivity index is 3.07. The molecule has 19 heavy (non-hydrogen) atoms. The molecule has 1 rings (SSSR count). The van der Waals surface area contributed by atoms with Crippen molar-refractivity contribution in [2.24, 2.45) is 5.73 Å². The van der Waals surface area contributed by atoms with Gasteiger partial charge >= 0.3 is 0 Å². The Morgan fingerprint density at radius 2 is 1.95 bits per heavy atom. The predicted octanol–water partition coefficient (Wildman–Crippen LogP) is 0.661. The fraction of sp³-hybridized carbons (Fsp3) is 0.417. The minimum absolute atomic E-state index is 0.0357. The van der Waals surface area contributed by atoms with Gasteiger partial charge in [0, 0.05) is 6.54 Å². The van der Waals surface area contributed by atoms with E-state index in [1.807, 2.05) is 0 Å². The second-order valence-electron chi connectivity index (χ2n) is 4.00. The second kappa shape index (κ2) is 6.65. The fourth-order valence-corrected chi connectivity index (χ4v) is 2.68. The summed E-state index contributed by atoms with van der Waals surface area (Å²) in [6.45, 7) is 3.75. The minimum atomic E-state index is -3.62. The number of rotatable bonds is 6. The molecule has 0 aliphatic carbocycles. The summed E-state index contributed by atoms with van der Waals surface area (Å²) in [4.78, 5) is 11.8. The number of hydrogen-bond donors (Lipinski definition) is 3. The summed E-state index contributed by atoms with van der Waals surface area (Å²) in [6.07, 6.45) is 0.480. The highest BCUT2D eigenvalue weighted by Crippen LogP contribution is 2.20. The van der Waals surface area contributed by atoms with E-state index in [0.717, 1.165) is 0 Å². The number of hydrogen-bond acceptors (Lipinski definition) is 4. The van der Waals surface area contributed by atoms with Crippen LogP contribution in [0.3, 0.4) is 0 Å². The highest BCUT2D eigenvalue weighted by atomic mass is 32.2. The first-order valence-corrected chi connectivity index (χ1v) is 7.55. The van der Waals surface area contributed by atoms with Crippen LogP contribution in [0, 0.1) is 0 Å². The van der Waals surface area contributed by atoms with Crippen molar-refractivity contribution in [1.29, 1.82) is 0 Å². The predicted molar refractivity (Wildman–Crippen MR) is 74.2 cm³/mol. The number of carbonyl (C=O) groups is 1. The lowest BCUT2D eigenvalue weighted by molar-refractivity contribution is -0.117. The number of benzene rings is 1. The maximum atomic E-state index is 12.0. The van der Waals surface area contributed by atoms with Crippen LogP contribution in [0.25, 0.3) is 0 Å². The van der Waals surface area contributed by atoms with Crippen molar-refractivity contribution < 1.29 is 13.2 Å². The van der Waals surface area contributed by atoms with Crippen LogP contribution in [0.2, 0.25) is 0 Å². The Kier molecular flexibility index (Phi) is 5.46. The average Bonchev–Trinajstić information content (AvgIpc) is 2.38. The van der Waals surface area contributed by atoms with Gasteiger partial charge < -0.3 is 11.1 Å². The largest absolute Gasteiger partial charge is 0.324 e. The molecule has 0 saturated carbocycles. The molecule has 0 radical (unpaired) electrons. The van der Waals surface area contributed by atoms with Gasteiger partial charge in [0.1, 0.15) is 4.90 Å². The Bertz CT molecular complexity index is 543. The van der Waals surface area contributed by atoms with Crippen LogP contribution in [0.15, 0.2) is 29.2 Å². The molecule has 0 aliphatic rings. The van der Waals surface area contributed by atoms with E-state index in [2.05, 4.69) is 10.0 Å². The minimum Gasteiger partial charge on any atom is -0.324 e. The topological polar surface area (TPSA) is 101 Å². The lowest BCUT2D eigenvalue weighted by Gasteiger charge is -2.14. The number of nitrogens with one attached hydrogen (secondary N) is 2. The highest BCUT2D eigenvalue weighted by Gasteiger charge is 2.19. The third-order valence-corrected chi connectivity index (χ3v) is 4.15. The summed E-state index contributed by atoms with van der Waals surface area (Å²) >= 11 is 0. The van der Waals surface area contributed by atoms with E-state index in [-0.39, 0.29) is 17.1 Å². The number of anilines is 1. The quantitative estimate of drug-likeness (QED) is 0.714. The van der Waals surface area contributed by atoms with E-state index in [9.17, 15) is 13.2 Å². The molecule has 0 fully saturated rings. The van der Waals surface area contributed by atoms with Gasteiger partial charge in [-0.2, -0.15) is 0 Å². The zero-order chi connectivity index (χ0) is 14.5. The van der Waals surface area contributed by atoms with E-state index >= 15 is 0 Å². The summed E-state index contributed by atoms with van der Waals surface area (Å²) in [5.74, 6) is -0.401. The average molecular weight is 285 g/mol. The summed E-state index contributed by atoms with van der Waals surface area (Å²) in [7, 11) is -3.62. The molecule has 0 unspecified atom stereocenters. The van der Waals surface area contributed by atoms with Crippen molar-refractivity contribution in [3.8, 4) is 0 Å². The van der Waals surface area contributed by atoms with Crippen LogP contribution < -0.4 is 15.8 Å². The van der Waals surface area contributed by atoms with Crippen LogP contribution in [0.5, 0.6) is 0 Å². The number of amides is 1. The normalized spacial score (nSPS) is 13.0.